The fourth-order valence-corrected chi connectivity index (χ4v) is 1.72. The molecule has 1 rings (SSSR count). The van der Waals surface area contributed by atoms with Crippen molar-refractivity contribution in [1.82, 2.24) is 10.3 Å². The molecule has 0 spiro atoms. The number of nitrogens with zero attached hydrogens (tertiary/aromatic N) is 2. The minimum Gasteiger partial charge on any atom is -0.478 e. The fourth-order valence-electron chi connectivity index (χ4n) is 1.72. The van der Waals surface area contributed by atoms with Gasteiger partial charge >= 0.3 is 11.9 Å². The standard InChI is InChI=1S/C15H23N3O2.C4H4O4/c1-10-7-17-14(13(6-16)11(10)2)20-9-12(19)8-18-15(3,4)5;5-3(6)1-2-4(7)8/h7,12,18-19H,8-9H2,1-5H3;1-2H,(H,5,6)(H,7,8)/t12-;/m0./s1. The van der Waals surface area contributed by atoms with Crippen molar-refractivity contribution in [2.24, 2.45) is 0 Å². The Labute approximate surface area is 164 Å². The summed E-state index contributed by atoms with van der Waals surface area (Å²) in [6, 6.07) is 2.10. The molecule has 1 aromatic rings. The van der Waals surface area contributed by atoms with E-state index in [9.17, 15) is 14.7 Å². The number of carboxylic acid groups (broad SMARTS) is 2. The zero-order chi connectivity index (χ0) is 21.9. The molecule has 4 N–H and O–H groups in total. The van der Waals surface area contributed by atoms with Crippen LogP contribution in [0.2, 0.25) is 0 Å². The van der Waals surface area contributed by atoms with Gasteiger partial charge in [0.15, 0.2) is 0 Å². The van der Waals surface area contributed by atoms with Crippen LogP contribution in [0.25, 0.3) is 0 Å². The van der Waals surface area contributed by atoms with Crippen molar-refractivity contribution in [2.45, 2.75) is 46.3 Å². The Morgan fingerprint density at radius 3 is 2.25 bits per heavy atom. The van der Waals surface area contributed by atoms with Crippen LogP contribution in [-0.4, -0.2) is 57.0 Å². The second-order valence-electron chi connectivity index (χ2n) is 6.96. The van der Waals surface area contributed by atoms with Crippen molar-refractivity contribution >= 4 is 11.9 Å². The first-order chi connectivity index (χ1) is 12.9. The summed E-state index contributed by atoms with van der Waals surface area (Å²) in [6.07, 6.45) is 2.14. The van der Waals surface area contributed by atoms with E-state index in [1.54, 1.807) is 6.20 Å². The van der Waals surface area contributed by atoms with Crippen LogP contribution in [0, 0.1) is 25.2 Å². The maximum Gasteiger partial charge on any atom is 0.328 e. The number of hydrogen-bond acceptors (Lipinski definition) is 7. The number of β-amino-alcohol motifs (C(OH)–C–C–N with tert-alkyl or cyclic N) is 1. The van der Waals surface area contributed by atoms with Crippen LogP contribution >= 0.6 is 0 Å². The van der Waals surface area contributed by atoms with Crippen LogP contribution in [-0.2, 0) is 9.59 Å². The van der Waals surface area contributed by atoms with Gasteiger partial charge in [0.1, 0.15) is 24.3 Å². The highest BCUT2D eigenvalue weighted by molar-refractivity contribution is 5.89. The van der Waals surface area contributed by atoms with Gasteiger partial charge in [-0.25, -0.2) is 14.6 Å². The highest BCUT2D eigenvalue weighted by atomic mass is 16.5. The lowest BCUT2D eigenvalue weighted by atomic mass is 10.1. The Balaban J connectivity index is 0.000000769. The number of aliphatic hydroxyl groups is 1. The first kappa shape index (κ1) is 25.0. The molecule has 0 unspecified atom stereocenters. The maximum absolute atomic E-state index is 9.86. The summed E-state index contributed by atoms with van der Waals surface area (Å²) in [7, 11) is 0. The molecule has 1 heterocycles. The molecule has 0 aliphatic rings. The summed E-state index contributed by atoms with van der Waals surface area (Å²) in [5.74, 6) is -2.23. The molecule has 0 aliphatic carbocycles. The fraction of sp³-hybridized carbons (Fsp3) is 0.474. The SMILES string of the molecule is Cc1cnc(OC[C@@H](O)CNC(C)(C)C)c(C#N)c1C.O=C(O)C=CC(=O)O. The third kappa shape index (κ3) is 10.9. The van der Waals surface area contributed by atoms with Crippen molar-refractivity contribution in [3.63, 3.8) is 0 Å². The molecule has 0 fully saturated rings. The normalized spacial score (nSPS) is 11.9. The quantitative estimate of drug-likeness (QED) is 0.503. The van der Waals surface area contributed by atoms with Crippen LogP contribution < -0.4 is 10.1 Å². The van der Waals surface area contributed by atoms with E-state index in [0.717, 1.165) is 11.1 Å². The number of aliphatic carboxylic acids is 2. The number of ether oxygens (including phenoxy) is 1. The van der Waals surface area contributed by atoms with Crippen molar-refractivity contribution in [3.8, 4) is 11.9 Å². The van der Waals surface area contributed by atoms with E-state index in [0.29, 0.717) is 24.3 Å². The highest BCUT2D eigenvalue weighted by Gasteiger charge is 2.15. The molecule has 1 atom stereocenters. The van der Waals surface area contributed by atoms with E-state index in [1.807, 2.05) is 34.6 Å². The molecule has 0 radical (unpaired) electrons. The number of aryl methyl sites for hydroxylation is 1. The molecule has 9 nitrogen and oxygen atoms in total. The van der Waals surface area contributed by atoms with E-state index in [1.165, 1.54) is 0 Å². The second-order valence-corrected chi connectivity index (χ2v) is 6.96. The van der Waals surface area contributed by atoms with Crippen LogP contribution in [0.1, 0.15) is 37.5 Å². The second kappa shape index (κ2) is 11.7. The van der Waals surface area contributed by atoms with E-state index >= 15 is 0 Å². The predicted octanol–water partition coefficient (Wildman–Crippen LogP) is 1.41. The third-order valence-corrected chi connectivity index (χ3v) is 3.32. The number of rotatable bonds is 7. The molecule has 9 heteroatoms. The predicted molar refractivity (Wildman–Crippen MR) is 102 cm³/mol. The Kier molecular flexibility index (Phi) is 10.5. The number of aliphatic hydroxyl groups excluding tert-OH is 1. The average molecular weight is 393 g/mol. The Hall–Kier alpha value is -2.96. The van der Waals surface area contributed by atoms with Crippen molar-refractivity contribution < 1.29 is 29.6 Å². The zero-order valence-corrected chi connectivity index (χ0v) is 16.7. The molecule has 154 valence electrons. The van der Waals surface area contributed by atoms with E-state index in [2.05, 4.69) is 16.4 Å². The Morgan fingerprint density at radius 2 is 1.82 bits per heavy atom. The molecule has 28 heavy (non-hydrogen) atoms. The number of carboxylic acids is 2. The van der Waals surface area contributed by atoms with Gasteiger partial charge in [0.25, 0.3) is 0 Å². The molecule has 0 aromatic carbocycles. The summed E-state index contributed by atoms with van der Waals surface area (Å²) >= 11 is 0. The smallest absolute Gasteiger partial charge is 0.328 e. The van der Waals surface area contributed by atoms with Gasteiger partial charge in [-0.2, -0.15) is 5.26 Å². The average Bonchev–Trinajstić information content (AvgIpc) is 2.59. The zero-order valence-electron chi connectivity index (χ0n) is 16.7. The number of carbonyl (C=O) groups is 2. The molecule has 0 bridgehead atoms. The summed E-state index contributed by atoms with van der Waals surface area (Å²) in [5, 5.41) is 37.8. The first-order valence-electron chi connectivity index (χ1n) is 8.43. The van der Waals surface area contributed by atoms with Gasteiger partial charge in [0, 0.05) is 30.4 Å². The largest absolute Gasteiger partial charge is 0.478 e. The Bertz CT molecular complexity index is 731. The number of nitrogens with one attached hydrogen (secondary N) is 1. The van der Waals surface area contributed by atoms with E-state index in [4.69, 9.17) is 20.2 Å². The summed E-state index contributed by atoms with van der Waals surface area (Å²) in [6.45, 7) is 10.4. The van der Waals surface area contributed by atoms with Gasteiger partial charge in [0.2, 0.25) is 5.88 Å². The highest BCUT2D eigenvalue weighted by Crippen LogP contribution is 2.20. The van der Waals surface area contributed by atoms with Crippen molar-refractivity contribution in [3.05, 3.63) is 35.0 Å². The first-order valence-corrected chi connectivity index (χ1v) is 8.43. The molecule has 0 saturated carbocycles. The van der Waals surface area contributed by atoms with Crippen LogP contribution in [0.15, 0.2) is 18.3 Å². The molecular weight excluding hydrogens is 366 g/mol. The van der Waals surface area contributed by atoms with Gasteiger partial charge in [-0.05, 0) is 45.7 Å². The van der Waals surface area contributed by atoms with Gasteiger partial charge in [-0.3, -0.25) is 0 Å². The van der Waals surface area contributed by atoms with Gasteiger partial charge in [-0.1, -0.05) is 0 Å². The number of nitriles is 1. The molecule has 0 saturated heterocycles. The number of aromatic nitrogens is 1. The summed E-state index contributed by atoms with van der Waals surface area (Å²) < 4.78 is 5.47. The number of pyridine rings is 1. The van der Waals surface area contributed by atoms with Gasteiger partial charge < -0.3 is 25.4 Å². The number of hydrogen-bond donors (Lipinski definition) is 4. The minimum atomic E-state index is -1.26. The lowest BCUT2D eigenvalue weighted by Crippen LogP contribution is -2.42. The monoisotopic (exact) mass is 393 g/mol. The van der Waals surface area contributed by atoms with Gasteiger partial charge in [-0.15, -0.1) is 0 Å². The summed E-state index contributed by atoms with van der Waals surface area (Å²) in [4.78, 5) is 23.2. The molecule has 0 aliphatic heterocycles. The third-order valence-electron chi connectivity index (χ3n) is 3.32. The molecule has 1 aromatic heterocycles. The van der Waals surface area contributed by atoms with Crippen molar-refractivity contribution in [1.29, 1.82) is 5.26 Å². The van der Waals surface area contributed by atoms with Crippen molar-refractivity contribution in [2.75, 3.05) is 13.2 Å². The van der Waals surface area contributed by atoms with Crippen LogP contribution in [0.4, 0.5) is 0 Å². The van der Waals surface area contributed by atoms with Crippen LogP contribution in [0.3, 0.4) is 0 Å². The molecular formula is C19H27N3O6. The lowest BCUT2D eigenvalue weighted by Gasteiger charge is -2.23. The summed E-state index contributed by atoms with van der Waals surface area (Å²) in [5.41, 5.74) is 2.18. The van der Waals surface area contributed by atoms with E-state index < -0.39 is 18.0 Å². The lowest BCUT2D eigenvalue weighted by molar-refractivity contribution is -0.134. The maximum atomic E-state index is 9.86. The van der Waals surface area contributed by atoms with Crippen LogP contribution in [0.5, 0.6) is 5.88 Å². The minimum absolute atomic E-state index is 0.0580. The molecule has 0 amide bonds. The van der Waals surface area contributed by atoms with E-state index in [-0.39, 0.29) is 18.0 Å². The Morgan fingerprint density at radius 1 is 1.29 bits per heavy atom. The topological polar surface area (TPSA) is 153 Å². The van der Waals surface area contributed by atoms with Gasteiger partial charge in [0.05, 0.1) is 0 Å².